The molecule has 0 saturated carbocycles. The number of hydrogen-bond acceptors (Lipinski definition) is 3. The normalized spacial score (nSPS) is 10.0. The Morgan fingerprint density at radius 1 is 1.05 bits per heavy atom. The number of halogens is 1. The van der Waals surface area contributed by atoms with Crippen molar-refractivity contribution in [2.45, 2.75) is 6.92 Å². The molecule has 0 spiro atoms. The maximum atomic E-state index is 5.34. The summed E-state index contributed by atoms with van der Waals surface area (Å²) in [5.74, 6) is 1.39. The first kappa shape index (κ1) is 16.6. The van der Waals surface area contributed by atoms with Gasteiger partial charge < -0.3 is 20.1 Å². The van der Waals surface area contributed by atoms with Crippen LogP contribution in [0.4, 0.5) is 11.4 Å². The largest absolute Gasteiger partial charge is 0.497 e. The average Bonchev–Trinajstić information content (AvgIpc) is 2.51. The molecule has 116 valence electrons. The Morgan fingerprint density at radius 2 is 1.82 bits per heavy atom. The molecule has 22 heavy (non-hydrogen) atoms. The minimum absolute atomic E-state index is 0.491. The molecule has 2 aromatic carbocycles. The Balaban J connectivity index is 2.10. The third-order valence-electron chi connectivity index (χ3n) is 3.07. The highest BCUT2D eigenvalue weighted by atomic mass is 79.9. The number of methoxy groups -OCH3 is 2. The summed E-state index contributed by atoms with van der Waals surface area (Å²) >= 11 is 8.82. The molecule has 0 bridgehead atoms. The van der Waals surface area contributed by atoms with Crippen molar-refractivity contribution in [3.63, 3.8) is 0 Å². The predicted octanol–water partition coefficient (Wildman–Crippen LogP) is 4.58. The molecular formula is C16H17BrN2O2S. The van der Waals surface area contributed by atoms with E-state index in [0.29, 0.717) is 10.9 Å². The smallest absolute Gasteiger partial charge is 0.175 e. The van der Waals surface area contributed by atoms with Gasteiger partial charge in [0, 0.05) is 16.2 Å². The fourth-order valence-electron chi connectivity index (χ4n) is 1.91. The van der Waals surface area contributed by atoms with Gasteiger partial charge in [0.05, 0.1) is 19.9 Å². The standard InChI is InChI=1S/C16H17BrN2O2S/c1-10-8-11(4-6-13(10)17)18-16(22)19-14-7-5-12(20-2)9-15(14)21-3/h4-9H,1-3H3,(H2,18,19,22). The first-order valence-electron chi connectivity index (χ1n) is 6.59. The topological polar surface area (TPSA) is 42.5 Å². The van der Waals surface area contributed by atoms with E-state index < -0.39 is 0 Å². The number of nitrogens with one attached hydrogen (secondary N) is 2. The molecular weight excluding hydrogens is 364 g/mol. The Kier molecular flexibility index (Phi) is 5.63. The molecule has 2 aromatic rings. The van der Waals surface area contributed by atoms with Gasteiger partial charge in [-0.15, -0.1) is 0 Å². The van der Waals surface area contributed by atoms with Crippen LogP contribution in [0.15, 0.2) is 40.9 Å². The van der Waals surface area contributed by atoms with Crippen LogP contribution in [-0.2, 0) is 0 Å². The van der Waals surface area contributed by atoms with Crippen LogP contribution in [0.1, 0.15) is 5.56 Å². The SMILES string of the molecule is COc1ccc(NC(=S)Nc2ccc(Br)c(C)c2)c(OC)c1. The lowest BCUT2D eigenvalue weighted by Crippen LogP contribution is -2.19. The lowest BCUT2D eigenvalue weighted by atomic mass is 10.2. The van der Waals surface area contributed by atoms with E-state index in [1.54, 1.807) is 20.3 Å². The lowest BCUT2D eigenvalue weighted by molar-refractivity contribution is 0.395. The molecule has 0 aliphatic heterocycles. The Hall–Kier alpha value is -1.79. The van der Waals surface area contributed by atoms with Crippen molar-refractivity contribution < 1.29 is 9.47 Å². The van der Waals surface area contributed by atoms with Gasteiger partial charge in [-0.3, -0.25) is 0 Å². The molecule has 2 rings (SSSR count). The van der Waals surface area contributed by atoms with E-state index in [4.69, 9.17) is 21.7 Å². The minimum atomic E-state index is 0.491. The number of anilines is 2. The number of rotatable bonds is 4. The van der Waals surface area contributed by atoms with E-state index in [0.717, 1.165) is 27.2 Å². The molecule has 0 amide bonds. The van der Waals surface area contributed by atoms with E-state index in [2.05, 4.69) is 26.6 Å². The summed E-state index contributed by atoms with van der Waals surface area (Å²) in [5, 5.41) is 6.77. The Labute approximate surface area is 144 Å². The van der Waals surface area contributed by atoms with Crippen LogP contribution >= 0.6 is 28.1 Å². The van der Waals surface area contributed by atoms with Crippen LogP contribution in [-0.4, -0.2) is 19.3 Å². The molecule has 0 aromatic heterocycles. The fraction of sp³-hybridized carbons (Fsp3) is 0.188. The second-order valence-electron chi connectivity index (χ2n) is 4.61. The van der Waals surface area contributed by atoms with Crippen molar-refractivity contribution in [1.82, 2.24) is 0 Å². The second kappa shape index (κ2) is 7.47. The number of aryl methyl sites for hydroxylation is 1. The molecule has 0 saturated heterocycles. The number of hydrogen-bond donors (Lipinski definition) is 2. The summed E-state index contributed by atoms with van der Waals surface area (Å²) in [6.07, 6.45) is 0. The van der Waals surface area contributed by atoms with Crippen LogP contribution in [0.25, 0.3) is 0 Å². The van der Waals surface area contributed by atoms with E-state index in [1.807, 2.05) is 37.3 Å². The molecule has 0 heterocycles. The van der Waals surface area contributed by atoms with Gasteiger partial charge in [0.25, 0.3) is 0 Å². The van der Waals surface area contributed by atoms with E-state index in [-0.39, 0.29) is 0 Å². The molecule has 4 nitrogen and oxygen atoms in total. The zero-order valence-corrected chi connectivity index (χ0v) is 15.0. The summed E-state index contributed by atoms with van der Waals surface area (Å²) in [6, 6.07) is 11.5. The van der Waals surface area contributed by atoms with Gasteiger partial charge in [-0.05, 0) is 55.0 Å². The summed E-state index contributed by atoms with van der Waals surface area (Å²) < 4.78 is 11.6. The van der Waals surface area contributed by atoms with Crippen molar-refractivity contribution in [2.24, 2.45) is 0 Å². The van der Waals surface area contributed by atoms with Crippen LogP contribution in [0.3, 0.4) is 0 Å². The van der Waals surface area contributed by atoms with E-state index in [1.165, 1.54) is 0 Å². The Bertz CT molecular complexity index is 692. The van der Waals surface area contributed by atoms with E-state index >= 15 is 0 Å². The summed E-state index contributed by atoms with van der Waals surface area (Å²) in [4.78, 5) is 0. The number of benzene rings is 2. The highest BCUT2D eigenvalue weighted by molar-refractivity contribution is 9.10. The first-order valence-corrected chi connectivity index (χ1v) is 7.80. The zero-order valence-electron chi connectivity index (χ0n) is 12.6. The molecule has 0 aliphatic carbocycles. The number of ether oxygens (including phenoxy) is 2. The van der Waals surface area contributed by atoms with Crippen molar-refractivity contribution in [3.8, 4) is 11.5 Å². The Morgan fingerprint density at radius 3 is 2.45 bits per heavy atom. The van der Waals surface area contributed by atoms with Crippen LogP contribution in [0, 0.1) is 6.92 Å². The molecule has 0 aliphatic rings. The van der Waals surface area contributed by atoms with Gasteiger partial charge in [0.1, 0.15) is 11.5 Å². The first-order chi connectivity index (χ1) is 10.5. The highest BCUT2D eigenvalue weighted by Crippen LogP contribution is 2.29. The van der Waals surface area contributed by atoms with Gasteiger partial charge in [0.2, 0.25) is 0 Å². The van der Waals surface area contributed by atoms with Crippen molar-refractivity contribution >= 4 is 44.6 Å². The summed E-state index contributed by atoms with van der Waals surface area (Å²) in [5.41, 5.74) is 2.83. The molecule has 6 heteroatoms. The van der Waals surface area contributed by atoms with Crippen LogP contribution in [0.2, 0.25) is 0 Å². The van der Waals surface area contributed by atoms with Crippen LogP contribution < -0.4 is 20.1 Å². The van der Waals surface area contributed by atoms with Gasteiger partial charge in [-0.25, -0.2) is 0 Å². The van der Waals surface area contributed by atoms with Crippen molar-refractivity contribution in [2.75, 3.05) is 24.9 Å². The van der Waals surface area contributed by atoms with Gasteiger partial charge in [0.15, 0.2) is 5.11 Å². The predicted molar refractivity (Wildman–Crippen MR) is 98.3 cm³/mol. The fourth-order valence-corrected chi connectivity index (χ4v) is 2.38. The molecule has 0 unspecified atom stereocenters. The second-order valence-corrected chi connectivity index (χ2v) is 5.87. The molecule has 2 N–H and O–H groups in total. The average molecular weight is 381 g/mol. The third-order valence-corrected chi connectivity index (χ3v) is 4.17. The van der Waals surface area contributed by atoms with Crippen molar-refractivity contribution in [3.05, 3.63) is 46.4 Å². The summed E-state index contributed by atoms with van der Waals surface area (Å²) in [7, 11) is 3.22. The zero-order chi connectivity index (χ0) is 16.1. The van der Waals surface area contributed by atoms with Crippen LogP contribution in [0.5, 0.6) is 11.5 Å². The minimum Gasteiger partial charge on any atom is -0.497 e. The monoisotopic (exact) mass is 380 g/mol. The third kappa shape index (κ3) is 4.11. The lowest BCUT2D eigenvalue weighted by Gasteiger charge is -2.14. The maximum Gasteiger partial charge on any atom is 0.175 e. The van der Waals surface area contributed by atoms with E-state index in [9.17, 15) is 0 Å². The molecule has 0 atom stereocenters. The summed E-state index contributed by atoms with van der Waals surface area (Å²) in [6.45, 7) is 2.03. The van der Waals surface area contributed by atoms with Gasteiger partial charge in [-0.1, -0.05) is 15.9 Å². The highest BCUT2D eigenvalue weighted by Gasteiger charge is 2.07. The molecule has 0 fully saturated rings. The quantitative estimate of drug-likeness (QED) is 0.759. The van der Waals surface area contributed by atoms with Crippen molar-refractivity contribution in [1.29, 1.82) is 0 Å². The molecule has 0 radical (unpaired) electrons. The maximum absolute atomic E-state index is 5.34. The number of thiocarbonyl (C=S) groups is 1. The van der Waals surface area contributed by atoms with Gasteiger partial charge in [-0.2, -0.15) is 0 Å². The van der Waals surface area contributed by atoms with Gasteiger partial charge >= 0.3 is 0 Å².